The second kappa shape index (κ2) is 6.30. The number of nitrogens with zero attached hydrogens (tertiary/aromatic N) is 2. The summed E-state index contributed by atoms with van der Waals surface area (Å²) in [5.74, 6) is -1.32. The fourth-order valence-corrected chi connectivity index (χ4v) is 3.14. The zero-order valence-corrected chi connectivity index (χ0v) is 12.4. The maximum Gasteiger partial charge on any atom is 0.326 e. The number of rotatable bonds is 6. The van der Waals surface area contributed by atoms with Gasteiger partial charge in [-0.15, -0.1) is 0 Å². The Hall–Kier alpha value is -1.50. The normalized spacial score (nSPS) is 20.0. The molecule has 0 fully saturated rings. The number of nitrogens with one attached hydrogen (secondary N) is 1. The second-order valence-electron chi connectivity index (χ2n) is 4.99. The molecule has 2 unspecified atom stereocenters. The van der Waals surface area contributed by atoms with Crippen molar-refractivity contribution in [3.05, 3.63) is 11.1 Å². The average molecular weight is 297 g/mol. The maximum atomic E-state index is 12.0. The van der Waals surface area contributed by atoms with Gasteiger partial charge in [-0.1, -0.05) is 32.0 Å². The first kappa shape index (κ1) is 14.9. The molecular weight excluding hydrogens is 278 g/mol. The van der Waals surface area contributed by atoms with Crippen LogP contribution in [0.4, 0.5) is 0 Å². The molecule has 1 amide bonds. The van der Waals surface area contributed by atoms with Crippen LogP contribution >= 0.6 is 11.8 Å². The summed E-state index contributed by atoms with van der Waals surface area (Å²) < 4.78 is 0. The van der Waals surface area contributed by atoms with Crippen LogP contribution in [0.15, 0.2) is 16.1 Å². The number of hydrogen-bond acceptors (Lipinski definition) is 5. The third-order valence-corrected chi connectivity index (χ3v) is 4.54. The molecule has 0 saturated carbocycles. The predicted octanol–water partition coefficient (Wildman–Crippen LogP) is 1.25. The van der Waals surface area contributed by atoms with E-state index >= 15 is 0 Å². The van der Waals surface area contributed by atoms with Gasteiger partial charge in [-0.3, -0.25) is 9.79 Å². The van der Waals surface area contributed by atoms with Gasteiger partial charge >= 0.3 is 5.97 Å². The summed E-state index contributed by atoms with van der Waals surface area (Å²) in [6.07, 6.45) is 0.908. The van der Waals surface area contributed by atoms with Crippen molar-refractivity contribution < 1.29 is 14.7 Å². The molecule has 20 heavy (non-hydrogen) atoms. The van der Waals surface area contributed by atoms with Crippen molar-refractivity contribution in [2.24, 2.45) is 10.9 Å². The molecule has 110 valence electrons. The van der Waals surface area contributed by atoms with Crippen LogP contribution in [0.1, 0.15) is 26.7 Å². The molecule has 0 aromatic carbocycles. The number of aliphatic carboxylic acids is 1. The van der Waals surface area contributed by atoms with E-state index in [0.29, 0.717) is 6.42 Å². The van der Waals surface area contributed by atoms with Crippen LogP contribution < -0.4 is 5.32 Å². The number of carboxylic acid groups (broad SMARTS) is 1. The average Bonchev–Trinajstić information content (AvgIpc) is 3.00. The summed E-state index contributed by atoms with van der Waals surface area (Å²) in [6, 6.07) is -0.825. The summed E-state index contributed by atoms with van der Waals surface area (Å²) in [4.78, 5) is 29.6. The minimum absolute atomic E-state index is 0.0905. The van der Waals surface area contributed by atoms with Gasteiger partial charge in [0.1, 0.15) is 6.04 Å². The fraction of sp³-hybridized carbons (Fsp3) is 0.615. The Morgan fingerprint density at radius 3 is 3.00 bits per heavy atom. The van der Waals surface area contributed by atoms with Crippen LogP contribution in [0, 0.1) is 5.92 Å². The summed E-state index contributed by atoms with van der Waals surface area (Å²) >= 11 is 1.52. The molecule has 0 aromatic rings. The zero-order valence-electron chi connectivity index (χ0n) is 11.6. The van der Waals surface area contributed by atoms with Gasteiger partial charge in [0, 0.05) is 12.2 Å². The van der Waals surface area contributed by atoms with Gasteiger partial charge in [-0.05, 0) is 11.3 Å². The lowest BCUT2D eigenvalue weighted by atomic mass is 9.99. The molecule has 0 saturated heterocycles. The van der Waals surface area contributed by atoms with Crippen molar-refractivity contribution in [2.75, 3.05) is 13.1 Å². The van der Waals surface area contributed by atoms with Crippen molar-refractivity contribution in [2.45, 2.75) is 32.7 Å². The molecule has 0 radical (unpaired) electrons. The number of aliphatic imine (C=N–C) groups is 1. The molecular formula is C13H19N3O3S. The SMILES string of the molecule is CCC(C)C(NC(=O)CC1=CSC2=NCCN12)C(=O)O. The van der Waals surface area contributed by atoms with E-state index in [1.807, 2.05) is 24.2 Å². The highest BCUT2D eigenvalue weighted by Crippen LogP contribution is 2.30. The van der Waals surface area contributed by atoms with Gasteiger partial charge in [0.15, 0.2) is 5.17 Å². The Balaban J connectivity index is 1.92. The number of amidine groups is 1. The minimum atomic E-state index is -0.981. The maximum absolute atomic E-state index is 12.0. The first-order valence-corrected chi connectivity index (χ1v) is 7.60. The van der Waals surface area contributed by atoms with Gasteiger partial charge < -0.3 is 15.3 Å². The number of fused-ring (bicyclic) bond motifs is 1. The van der Waals surface area contributed by atoms with E-state index in [4.69, 9.17) is 0 Å². The van der Waals surface area contributed by atoms with E-state index in [2.05, 4.69) is 10.3 Å². The third kappa shape index (κ3) is 3.15. The van der Waals surface area contributed by atoms with Crippen molar-refractivity contribution in [3.63, 3.8) is 0 Å². The lowest BCUT2D eigenvalue weighted by Crippen LogP contribution is -2.45. The molecule has 6 nitrogen and oxygen atoms in total. The van der Waals surface area contributed by atoms with Gasteiger partial charge in [0.25, 0.3) is 0 Å². The van der Waals surface area contributed by atoms with Crippen LogP contribution in [0.5, 0.6) is 0 Å². The number of thioether (sulfide) groups is 1. The Labute approximate surface area is 122 Å². The summed E-state index contributed by atoms with van der Waals surface area (Å²) in [7, 11) is 0. The van der Waals surface area contributed by atoms with Gasteiger partial charge in [0.05, 0.1) is 13.0 Å². The lowest BCUT2D eigenvalue weighted by Gasteiger charge is -2.21. The monoisotopic (exact) mass is 297 g/mol. The molecule has 2 atom stereocenters. The van der Waals surface area contributed by atoms with Crippen LogP contribution in [0.3, 0.4) is 0 Å². The van der Waals surface area contributed by atoms with Crippen LogP contribution in [-0.4, -0.2) is 46.2 Å². The first-order chi connectivity index (χ1) is 9.52. The quantitative estimate of drug-likeness (QED) is 0.771. The molecule has 0 aliphatic carbocycles. The largest absolute Gasteiger partial charge is 0.480 e. The number of carbonyl (C=O) groups is 2. The topological polar surface area (TPSA) is 82.0 Å². The molecule has 2 N–H and O–H groups in total. The molecule has 2 aliphatic heterocycles. The van der Waals surface area contributed by atoms with Gasteiger partial charge in [-0.2, -0.15) is 0 Å². The molecule has 0 spiro atoms. The molecule has 0 aromatic heterocycles. The highest BCUT2D eigenvalue weighted by atomic mass is 32.2. The Kier molecular flexibility index (Phi) is 4.69. The van der Waals surface area contributed by atoms with E-state index in [0.717, 1.165) is 24.0 Å². The Bertz CT molecular complexity index is 475. The molecule has 0 bridgehead atoms. The van der Waals surface area contributed by atoms with Crippen molar-refractivity contribution in [3.8, 4) is 0 Å². The third-order valence-electron chi connectivity index (χ3n) is 3.59. The Morgan fingerprint density at radius 1 is 1.60 bits per heavy atom. The van der Waals surface area contributed by atoms with E-state index < -0.39 is 12.0 Å². The zero-order chi connectivity index (χ0) is 14.7. The van der Waals surface area contributed by atoms with Crippen molar-refractivity contribution in [1.29, 1.82) is 0 Å². The van der Waals surface area contributed by atoms with Crippen molar-refractivity contribution >= 4 is 28.8 Å². The number of carbonyl (C=O) groups excluding carboxylic acids is 1. The minimum Gasteiger partial charge on any atom is -0.480 e. The van der Waals surface area contributed by atoms with Gasteiger partial charge in [-0.25, -0.2) is 4.79 Å². The van der Waals surface area contributed by atoms with Crippen molar-refractivity contribution in [1.82, 2.24) is 10.2 Å². The highest BCUT2D eigenvalue weighted by Gasteiger charge is 2.30. The smallest absolute Gasteiger partial charge is 0.326 e. The van der Waals surface area contributed by atoms with E-state index in [1.54, 1.807) is 0 Å². The Morgan fingerprint density at radius 2 is 2.35 bits per heavy atom. The number of amides is 1. The summed E-state index contributed by atoms with van der Waals surface area (Å²) in [5, 5.41) is 14.6. The molecule has 2 rings (SSSR count). The lowest BCUT2D eigenvalue weighted by molar-refractivity contribution is -0.143. The molecule has 7 heteroatoms. The second-order valence-corrected chi connectivity index (χ2v) is 5.83. The highest BCUT2D eigenvalue weighted by molar-refractivity contribution is 8.16. The summed E-state index contributed by atoms with van der Waals surface area (Å²) in [6.45, 7) is 5.30. The predicted molar refractivity (Wildman–Crippen MR) is 78.3 cm³/mol. The molecule has 2 aliphatic rings. The van der Waals surface area contributed by atoms with E-state index in [9.17, 15) is 14.7 Å². The first-order valence-electron chi connectivity index (χ1n) is 6.72. The standard InChI is InChI=1S/C13H19N3O3S/c1-3-8(2)11(12(18)19)15-10(17)6-9-7-20-13-14-4-5-16(9)13/h7-8,11H,3-6H2,1-2H3,(H,15,17)(H,18,19). The van der Waals surface area contributed by atoms with Gasteiger partial charge in [0.2, 0.25) is 5.91 Å². The number of hydrogen-bond donors (Lipinski definition) is 2. The molecule has 2 heterocycles. The van der Waals surface area contributed by atoms with Crippen LogP contribution in [0.25, 0.3) is 0 Å². The van der Waals surface area contributed by atoms with Crippen LogP contribution in [-0.2, 0) is 9.59 Å². The fourth-order valence-electron chi connectivity index (χ4n) is 2.19. The summed E-state index contributed by atoms with van der Waals surface area (Å²) in [5.41, 5.74) is 0.900. The number of carboxylic acids is 1. The van der Waals surface area contributed by atoms with Crippen LogP contribution in [0.2, 0.25) is 0 Å². The van der Waals surface area contributed by atoms with E-state index in [1.165, 1.54) is 11.8 Å². The van der Waals surface area contributed by atoms with E-state index in [-0.39, 0.29) is 18.2 Å².